The Morgan fingerprint density at radius 1 is 1.36 bits per heavy atom. The maximum Gasteiger partial charge on any atom is 0.157 e. The number of rotatable bonds is 1. The van der Waals surface area contributed by atoms with Crippen molar-refractivity contribution in [2.75, 3.05) is 4.43 Å². The summed E-state index contributed by atoms with van der Waals surface area (Å²) in [6.45, 7) is 0. The van der Waals surface area contributed by atoms with Gasteiger partial charge in [-0.3, -0.25) is 0 Å². The van der Waals surface area contributed by atoms with Crippen molar-refractivity contribution in [1.29, 1.82) is 0 Å². The van der Waals surface area contributed by atoms with E-state index in [9.17, 15) is 5.11 Å². The Bertz CT molecular complexity index is 132. The lowest BCUT2D eigenvalue weighted by atomic mass is 10.0. The van der Waals surface area contributed by atoms with Crippen LogP contribution < -0.4 is 0 Å². The average Bonchev–Trinajstić information content (AvgIpc) is 1.96. The summed E-state index contributed by atoms with van der Waals surface area (Å²) >= 11 is 2.03. The lowest BCUT2D eigenvalue weighted by molar-refractivity contribution is -0.224. The molecule has 4 nitrogen and oxygen atoms in total. The fraction of sp³-hybridized carbons (Fsp3) is 1.00. The van der Waals surface area contributed by atoms with Gasteiger partial charge in [0.25, 0.3) is 0 Å². The topological polar surface area (TPSA) is 69.9 Å². The lowest BCUT2D eigenvalue weighted by Gasteiger charge is -2.33. The van der Waals surface area contributed by atoms with Gasteiger partial charge < -0.3 is 20.1 Å². The number of ether oxygens (including phenoxy) is 1. The summed E-state index contributed by atoms with van der Waals surface area (Å²) in [6, 6.07) is 0. The van der Waals surface area contributed by atoms with E-state index in [1.54, 1.807) is 0 Å². The summed E-state index contributed by atoms with van der Waals surface area (Å²) in [5.41, 5.74) is 0. The van der Waals surface area contributed by atoms with E-state index in [-0.39, 0.29) is 6.42 Å². The highest BCUT2D eigenvalue weighted by Crippen LogP contribution is 2.20. The van der Waals surface area contributed by atoms with E-state index in [1.807, 2.05) is 22.6 Å². The van der Waals surface area contributed by atoms with Crippen LogP contribution in [0.25, 0.3) is 0 Å². The van der Waals surface area contributed by atoms with Crippen molar-refractivity contribution in [3.63, 3.8) is 0 Å². The Morgan fingerprint density at radius 2 is 2.00 bits per heavy atom. The van der Waals surface area contributed by atoms with E-state index in [4.69, 9.17) is 14.9 Å². The standard InChI is InChI=1S/C6H11IO4/c7-2-4-6(10)3(8)1-5(9)11-4/h3-6,8-10H,1-2H2/t3-,4+,5?,6+/m1/s1. The SMILES string of the molecule is OC1C[C@@H](O)[C@H](O)[C@H](CI)O1. The van der Waals surface area contributed by atoms with Gasteiger partial charge in [-0.1, -0.05) is 22.6 Å². The predicted molar refractivity (Wildman–Crippen MR) is 46.4 cm³/mol. The summed E-state index contributed by atoms with van der Waals surface area (Å²) in [7, 11) is 0. The predicted octanol–water partition coefficient (Wildman–Crippen LogP) is -0.750. The van der Waals surface area contributed by atoms with Gasteiger partial charge in [0.05, 0.1) is 12.2 Å². The lowest BCUT2D eigenvalue weighted by Crippen LogP contribution is -2.48. The molecule has 0 spiro atoms. The molecule has 1 rings (SSSR count). The maximum atomic E-state index is 9.26. The minimum absolute atomic E-state index is 0.0916. The van der Waals surface area contributed by atoms with Crippen molar-refractivity contribution in [1.82, 2.24) is 0 Å². The molecule has 0 aromatic carbocycles. The first-order valence-electron chi connectivity index (χ1n) is 3.40. The Hall–Kier alpha value is 0.570. The number of hydrogen-bond acceptors (Lipinski definition) is 4. The van der Waals surface area contributed by atoms with E-state index in [1.165, 1.54) is 0 Å². The first-order chi connectivity index (χ1) is 5.15. The van der Waals surface area contributed by atoms with Crippen molar-refractivity contribution in [2.45, 2.75) is 31.0 Å². The van der Waals surface area contributed by atoms with Crippen LogP contribution in [0, 0.1) is 0 Å². The van der Waals surface area contributed by atoms with Gasteiger partial charge in [-0.05, 0) is 0 Å². The first-order valence-corrected chi connectivity index (χ1v) is 4.93. The number of aliphatic hydroxyl groups excluding tert-OH is 3. The summed E-state index contributed by atoms with van der Waals surface area (Å²) in [4.78, 5) is 0. The molecular formula is C6H11IO4. The zero-order chi connectivity index (χ0) is 8.43. The average molecular weight is 274 g/mol. The second-order valence-corrected chi connectivity index (χ2v) is 3.46. The fourth-order valence-electron chi connectivity index (χ4n) is 1.06. The van der Waals surface area contributed by atoms with Gasteiger partial charge in [-0.25, -0.2) is 0 Å². The van der Waals surface area contributed by atoms with Crippen LogP contribution in [0.3, 0.4) is 0 Å². The van der Waals surface area contributed by atoms with Crippen LogP contribution >= 0.6 is 22.6 Å². The monoisotopic (exact) mass is 274 g/mol. The molecule has 1 fully saturated rings. The molecule has 1 saturated heterocycles. The fourth-order valence-corrected chi connectivity index (χ4v) is 1.79. The van der Waals surface area contributed by atoms with Gasteiger partial charge in [0.2, 0.25) is 0 Å². The molecule has 5 heteroatoms. The third kappa shape index (κ3) is 2.25. The highest BCUT2D eigenvalue weighted by molar-refractivity contribution is 14.1. The van der Waals surface area contributed by atoms with Crippen molar-refractivity contribution in [3.8, 4) is 0 Å². The van der Waals surface area contributed by atoms with E-state index in [0.717, 1.165) is 0 Å². The molecule has 3 N–H and O–H groups in total. The second kappa shape index (κ2) is 3.99. The third-order valence-corrected chi connectivity index (χ3v) is 2.57. The maximum absolute atomic E-state index is 9.26. The van der Waals surface area contributed by atoms with Crippen LogP contribution in [0.15, 0.2) is 0 Å². The Labute approximate surface area is 78.3 Å². The molecule has 0 aromatic heterocycles. The molecule has 0 aromatic rings. The zero-order valence-electron chi connectivity index (χ0n) is 5.85. The van der Waals surface area contributed by atoms with Crippen molar-refractivity contribution >= 4 is 22.6 Å². The molecule has 0 bridgehead atoms. The summed E-state index contributed by atoms with van der Waals surface area (Å²) < 4.78 is 5.52. The summed E-state index contributed by atoms with van der Waals surface area (Å²) in [5, 5.41) is 27.4. The number of hydrogen-bond donors (Lipinski definition) is 3. The molecule has 1 aliphatic rings. The van der Waals surface area contributed by atoms with Gasteiger partial charge in [0.1, 0.15) is 6.10 Å². The molecule has 4 atom stereocenters. The number of alkyl halides is 1. The van der Waals surface area contributed by atoms with Gasteiger partial charge >= 0.3 is 0 Å². The zero-order valence-corrected chi connectivity index (χ0v) is 8.01. The van der Waals surface area contributed by atoms with Gasteiger partial charge in [0.15, 0.2) is 6.29 Å². The smallest absolute Gasteiger partial charge is 0.157 e. The van der Waals surface area contributed by atoms with Crippen LogP contribution in [0.1, 0.15) is 6.42 Å². The normalized spacial score (nSPS) is 45.8. The molecule has 0 aliphatic carbocycles. The van der Waals surface area contributed by atoms with Crippen LogP contribution in [0.5, 0.6) is 0 Å². The van der Waals surface area contributed by atoms with E-state index in [0.29, 0.717) is 4.43 Å². The van der Waals surface area contributed by atoms with Gasteiger partial charge in [-0.2, -0.15) is 0 Å². The summed E-state index contributed by atoms with van der Waals surface area (Å²) in [5.74, 6) is 0. The van der Waals surface area contributed by atoms with Crippen LogP contribution in [0.2, 0.25) is 0 Å². The molecule has 11 heavy (non-hydrogen) atoms. The van der Waals surface area contributed by atoms with Crippen LogP contribution in [-0.4, -0.2) is 44.3 Å². The molecule has 1 aliphatic heterocycles. The molecule has 66 valence electrons. The van der Waals surface area contributed by atoms with E-state index in [2.05, 4.69) is 0 Å². The highest BCUT2D eigenvalue weighted by atomic mass is 127. The van der Waals surface area contributed by atoms with Gasteiger partial charge in [0, 0.05) is 10.8 Å². The molecule has 1 heterocycles. The van der Waals surface area contributed by atoms with Crippen LogP contribution in [-0.2, 0) is 4.74 Å². The van der Waals surface area contributed by atoms with Crippen molar-refractivity contribution in [3.05, 3.63) is 0 Å². The first kappa shape index (κ1) is 9.66. The molecule has 0 radical (unpaired) electrons. The molecular weight excluding hydrogens is 263 g/mol. The van der Waals surface area contributed by atoms with Crippen LogP contribution in [0.4, 0.5) is 0 Å². The number of halogens is 1. The highest BCUT2D eigenvalue weighted by Gasteiger charge is 2.34. The van der Waals surface area contributed by atoms with Crippen molar-refractivity contribution in [2.24, 2.45) is 0 Å². The molecule has 0 amide bonds. The quantitative estimate of drug-likeness (QED) is 0.435. The van der Waals surface area contributed by atoms with Crippen molar-refractivity contribution < 1.29 is 20.1 Å². The molecule has 1 unspecified atom stereocenters. The third-order valence-electron chi connectivity index (χ3n) is 1.70. The van der Waals surface area contributed by atoms with Gasteiger partial charge in [-0.15, -0.1) is 0 Å². The van der Waals surface area contributed by atoms with E-state index >= 15 is 0 Å². The Kier molecular flexibility index (Phi) is 3.51. The van der Waals surface area contributed by atoms with E-state index < -0.39 is 24.6 Å². The molecule has 0 saturated carbocycles. The Morgan fingerprint density at radius 3 is 2.55 bits per heavy atom. The second-order valence-electron chi connectivity index (χ2n) is 2.58. The largest absolute Gasteiger partial charge is 0.390 e. The number of aliphatic hydroxyl groups is 3. The Balaban J connectivity index is 2.51. The minimum Gasteiger partial charge on any atom is -0.390 e. The minimum atomic E-state index is -0.937. The summed E-state index contributed by atoms with van der Waals surface area (Å²) in [6.07, 6.45) is -3.02.